The SMILES string of the molecule is COc1ccc(CNc2ccc(NS(=O)(=O)c3ccc(OC)cc3)cn2)cc1. The molecule has 0 spiro atoms. The number of sulfonamides is 1. The maximum absolute atomic E-state index is 12.4. The second-order valence-corrected chi connectivity index (χ2v) is 7.60. The lowest BCUT2D eigenvalue weighted by Crippen LogP contribution is -2.13. The van der Waals surface area contributed by atoms with E-state index in [1.54, 1.807) is 31.4 Å². The molecule has 0 atom stereocenters. The van der Waals surface area contributed by atoms with Gasteiger partial charge in [0.2, 0.25) is 0 Å². The molecule has 2 N–H and O–H groups in total. The largest absolute Gasteiger partial charge is 0.497 e. The number of aromatic nitrogens is 1. The number of nitrogens with one attached hydrogen (secondary N) is 2. The molecule has 28 heavy (non-hydrogen) atoms. The molecule has 7 nitrogen and oxygen atoms in total. The Balaban J connectivity index is 1.61. The molecular formula is C20H21N3O4S. The van der Waals surface area contributed by atoms with Gasteiger partial charge in [0.05, 0.1) is 31.0 Å². The van der Waals surface area contributed by atoms with Crippen molar-refractivity contribution in [3.63, 3.8) is 0 Å². The average Bonchev–Trinajstić information content (AvgIpc) is 2.73. The third-order valence-electron chi connectivity index (χ3n) is 4.02. The Bertz CT molecular complexity index is 1000. The molecule has 0 aliphatic carbocycles. The second kappa shape index (κ2) is 8.62. The van der Waals surface area contributed by atoms with Crippen LogP contribution in [0.2, 0.25) is 0 Å². The zero-order valence-corrected chi connectivity index (χ0v) is 16.4. The van der Waals surface area contributed by atoms with Gasteiger partial charge < -0.3 is 14.8 Å². The van der Waals surface area contributed by atoms with E-state index in [0.717, 1.165) is 11.3 Å². The Kier molecular flexibility index (Phi) is 6.00. The highest BCUT2D eigenvalue weighted by Crippen LogP contribution is 2.20. The molecule has 0 unspecified atom stereocenters. The summed E-state index contributed by atoms with van der Waals surface area (Å²) in [5, 5.41) is 3.19. The van der Waals surface area contributed by atoms with E-state index in [4.69, 9.17) is 9.47 Å². The zero-order chi connectivity index (χ0) is 20.0. The van der Waals surface area contributed by atoms with Gasteiger partial charge in [0.15, 0.2) is 0 Å². The molecule has 3 aromatic rings. The van der Waals surface area contributed by atoms with Crippen LogP contribution in [0.1, 0.15) is 5.56 Å². The van der Waals surface area contributed by atoms with Crippen LogP contribution < -0.4 is 19.5 Å². The average molecular weight is 399 g/mol. The number of hydrogen-bond acceptors (Lipinski definition) is 6. The molecule has 2 aromatic carbocycles. The van der Waals surface area contributed by atoms with Crippen LogP contribution in [0.4, 0.5) is 11.5 Å². The van der Waals surface area contributed by atoms with Crippen molar-refractivity contribution in [2.75, 3.05) is 24.3 Å². The summed E-state index contributed by atoms with van der Waals surface area (Å²) >= 11 is 0. The smallest absolute Gasteiger partial charge is 0.261 e. The van der Waals surface area contributed by atoms with E-state index in [1.807, 2.05) is 24.3 Å². The Morgan fingerprint density at radius 3 is 2.00 bits per heavy atom. The number of pyridine rings is 1. The quantitative estimate of drug-likeness (QED) is 0.602. The van der Waals surface area contributed by atoms with Crippen LogP contribution in [0.3, 0.4) is 0 Å². The minimum absolute atomic E-state index is 0.148. The summed E-state index contributed by atoms with van der Waals surface area (Å²) in [4.78, 5) is 4.40. The zero-order valence-electron chi connectivity index (χ0n) is 15.5. The van der Waals surface area contributed by atoms with Gasteiger partial charge in [-0.3, -0.25) is 4.72 Å². The Labute approximate surface area is 164 Å². The lowest BCUT2D eigenvalue weighted by Gasteiger charge is -2.10. The van der Waals surface area contributed by atoms with Gasteiger partial charge in [-0.15, -0.1) is 0 Å². The van der Waals surface area contributed by atoms with Crippen molar-refractivity contribution in [3.05, 3.63) is 72.4 Å². The van der Waals surface area contributed by atoms with Gasteiger partial charge in [0, 0.05) is 6.54 Å². The molecule has 0 aliphatic heterocycles. The molecule has 1 aromatic heterocycles. The van der Waals surface area contributed by atoms with Crippen LogP contribution >= 0.6 is 0 Å². The number of rotatable bonds is 8. The van der Waals surface area contributed by atoms with E-state index >= 15 is 0 Å². The van der Waals surface area contributed by atoms with Crippen LogP contribution in [0, 0.1) is 0 Å². The highest BCUT2D eigenvalue weighted by molar-refractivity contribution is 7.92. The molecule has 8 heteroatoms. The predicted octanol–water partition coefficient (Wildman–Crippen LogP) is 3.51. The van der Waals surface area contributed by atoms with E-state index in [2.05, 4.69) is 15.0 Å². The minimum Gasteiger partial charge on any atom is -0.497 e. The summed E-state index contributed by atoms with van der Waals surface area (Å²) < 4.78 is 37.6. The molecule has 0 saturated heterocycles. The van der Waals surface area contributed by atoms with Crippen molar-refractivity contribution >= 4 is 21.5 Å². The number of hydrogen-bond donors (Lipinski definition) is 2. The molecule has 1 heterocycles. The van der Waals surface area contributed by atoms with E-state index in [1.165, 1.54) is 25.4 Å². The second-order valence-electron chi connectivity index (χ2n) is 5.91. The maximum atomic E-state index is 12.4. The first-order chi connectivity index (χ1) is 13.5. The third kappa shape index (κ3) is 4.92. The van der Waals surface area contributed by atoms with E-state index in [-0.39, 0.29) is 4.90 Å². The van der Waals surface area contributed by atoms with Gasteiger partial charge in [0.1, 0.15) is 17.3 Å². The fourth-order valence-corrected chi connectivity index (χ4v) is 3.51. The Hall–Kier alpha value is -3.26. The number of methoxy groups -OCH3 is 2. The van der Waals surface area contributed by atoms with Gasteiger partial charge in [-0.1, -0.05) is 12.1 Å². The van der Waals surface area contributed by atoms with Gasteiger partial charge in [-0.2, -0.15) is 0 Å². The van der Waals surface area contributed by atoms with Crippen molar-refractivity contribution in [2.24, 2.45) is 0 Å². The fraction of sp³-hybridized carbons (Fsp3) is 0.150. The summed E-state index contributed by atoms with van der Waals surface area (Å²) in [5.41, 5.74) is 1.46. The van der Waals surface area contributed by atoms with Gasteiger partial charge in [-0.25, -0.2) is 13.4 Å². The van der Waals surface area contributed by atoms with E-state index < -0.39 is 10.0 Å². The number of benzene rings is 2. The number of anilines is 2. The third-order valence-corrected chi connectivity index (χ3v) is 5.42. The summed E-state index contributed by atoms with van der Waals surface area (Å²) in [5.74, 6) is 2.03. The van der Waals surface area contributed by atoms with Crippen molar-refractivity contribution in [3.8, 4) is 11.5 Å². The topological polar surface area (TPSA) is 89.6 Å². The van der Waals surface area contributed by atoms with Crippen LogP contribution in [0.25, 0.3) is 0 Å². The van der Waals surface area contributed by atoms with Gasteiger partial charge >= 0.3 is 0 Å². The Morgan fingerprint density at radius 2 is 1.46 bits per heavy atom. The summed E-state index contributed by atoms with van der Waals surface area (Å²) in [6.07, 6.45) is 1.47. The van der Waals surface area contributed by atoms with E-state index in [0.29, 0.717) is 23.8 Å². The highest BCUT2D eigenvalue weighted by atomic mass is 32.2. The molecule has 0 aliphatic rings. The monoisotopic (exact) mass is 399 g/mol. The Morgan fingerprint density at radius 1 is 0.857 bits per heavy atom. The van der Waals surface area contributed by atoms with Crippen molar-refractivity contribution < 1.29 is 17.9 Å². The lowest BCUT2D eigenvalue weighted by atomic mass is 10.2. The maximum Gasteiger partial charge on any atom is 0.261 e. The first kappa shape index (κ1) is 19.5. The molecule has 0 amide bonds. The van der Waals surface area contributed by atoms with Crippen molar-refractivity contribution in [1.29, 1.82) is 0 Å². The molecule has 0 radical (unpaired) electrons. The molecule has 0 saturated carbocycles. The molecular weight excluding hydrogens is 378 g/mol. The first-order valence-corrected chi connectivity index (χ1v) is 9.98. The predicted molar refractivity (Wildman–Crippen MR) is 108 cm³/mol. The van der Waals surface area contributed by atoms with Crippen LogP contribution in [-0.4, -0.2) is 27.6 Å². The van der Waals surface area contributed by atoms with Crippen LogP contribution in [-0.2, 0) is 16.6 Å². The minimum atomic E-state index is -3.69. The summed E-state index contributed by atoms with van der Waals surface area (Å²) in [6, 6.07) is 17.2. The number of nitrogens with zero attached hydrogens (tertiary/aromatic N) is 1. The van der Waals surface area contributed by atoms with Crippen molar-refractivity contribution in [1.82, 2.24) is 4.98 Å². The van der Waals surface area contributed by atoms with Crippen molar-refractivity contribution in [2.45, 2.75) is 11.4 Å². The fourth-order valence-electron chi connectivity index (χ4n) is 2.46. The van der Waals surface area contributed by atoms with Crippen LogP contribution in [0.5, 0.6) is 11.5 Å². The normalized spacial score (nSPS) is 10.9. The summed E-state index contributed by atoms with van der Waals surface area (Å²) in [6.45, 7) is 0.591. The molecule has 3 rings (SSSR count). The molecule has 146 valence electrons. The van der Waals surface area contributed by atoms with Gasteiger partial charge in [0.25, 0.3) is 10.0 Å². The first-order valence-electron chi connectivity index (χ1n) is 8.50. The van der Waals surface area contributed by atoms with E-state index in [9.17, 15) is 8.42 Å². The summed E-state index contributed by atoms with van der Waals surface area (Å²) in [7, 11) is -0.539. The highest BCUT2D eigenvalue weighted by Gasteiger charge is 2.14. The number of ether oxygens (including phenoxy) is 2. The van der Waals surface area contributed by atoms with Gasteiger partial charge in [-0.05, 0) is 54.1 Å². The standard InChI is InChI=1S/C20H21N3O4S/c1-26-17-6-3-15(4-7-17)13-21-20-12-5-16(14-22-20)23-28(24,25)19-10-8-18(27-2)9-11-19/h3-12,14,23H,13H2,1-2H3,(H,21,22). The van der Waals surface area contributed by atoms with Crippen LogP contribution in [0.15, 0.2) is 71.8 Å². The molecule has 0 bridgehead atoms. The lowest BCUT2D eigenvalue weighted by molar-refractivity contribution is 0.414. The molecule has 0 fully saturated rings.